The zero-order chi connectivity index (χ0) is 16.7. The first-order valence-corrected chi connectivity index (χ1v) is 8.10. The van der Waals surface area contributed by atoms with Crippen LogP contribution < -0.4 is 19.5 Å². The molecule has 0 bridgehead atoms. The molecule has 0 radical (unpaired) electrons. The van der Waals surface area contributed by atoms with E-state index >= 15 is 0 Å². The molecule has 5 heteroatoms. The van der Waals surface area contributed by atoms with Gasteiger partial charge >= 0.3 is 0 Å². The fourth-order valence-corrected chi connectivity index (χ4v) is 3.23. The van der Waals surface area contributed by atoms with Crippen LogP contribution in [0.15, 0.2) is 36.4 Å². The summed E-state index contributed by atoms with van der Waals surface area (Å²) in [7, 11) is 0. The number of carbonyl (C=O) groups is 1. The molecule has 0 saturated carbocycles. The van der Waals surface area contributed by atoms with Gasteiger partial charge in [-0.25, -0.2) is 0 Å². The molecule has 24 heavy (non-hydrogen) atoms. The van der Waals surface area contributed by atoms with E-state index in [1.165, 1.54) is 0 Å². The van der Waals surface area contributed by atoms with E-state index < -0.39 is 0 Å². The second-order valence-electron chi connectivity index (χ2n) is 6.34. The molecule has 1 N–H and O–H groups in total. The largest absolute Gasteiger partial charge is 0.491 e. The number of benzene rings is 2. The van der Waals surface area contributed by atoms with Gasteiger partial charge in [-0.2, -0.15) is 0 Å². The van der Waals surface area contributed by atoms with Crippen molar-refractivity contribution in [2.45, 2.75) is 32.3 Å². The van der Waals surface area contributed by atoms with Crippen molar-refractivity contribution in [1.29, 1.82) is 0 Å². The highest BCUT2D eigenvalue weighted by molar-refractivity contribution is 5.96. The first-order valence-electron chi connectivity index (χ1n) is 8.10. The smallest absolute Gasteiger partial charge is 0.231 e. The fraction of sp³-hybridized carbons (Fsp3) is 0.316. The number of carbonyl (C=O) groups excluding carboxylic acids is 1. The van der Waals surface area contributed by atoms with Crippen molar-refractivity contribution in [3.05, 3.63) is 47.5 Å². The van der Waals surface area contributed by atoms with E-state index in [4.69, 9.17) is 14.2 Å². The van der Waals surface area contributed by atoms with Crippen molar-refractivity contribution in [2.75, 3.05) is 12.1 Å². The van der Waals surface area contributed by atoms with Crippen LogP contribution in [0.1, 0.15) is 37.3 Å². The van der Waals surface area contributed by atoms with Crippen molar-refractivity contribution in [3.63, 3.8) is 0 Å². The Labute approximate surface area is 140 Å². The Balaban J connectivity index is 1.76. The predicted octanol–water partition coefficient (Wildman–Crippen LogP) is 3.68. The number of fused-ring (bicyclic) bond motifs is 2. The molecule has 0 aromatic heterocycles. The van der Waals surface area contributed by atoms with Crippen LogP contribution in [0, 0.1) is 0 Å². The van der Waals surface area contributed by atoms with Crippen LogP contribution in [0.5, 0.6) is 17.2 Å². The molecule has 0 spiro atoms. The van der Waals surface area contributed by atoms with Crippen LogP contribution in [0.3, 0.4) is 0 Å². The molecule has 0 fully saturated rings. The summed E-state index contributed by atoms with van der Waals surface area (Å²) in [6.45, 7) is 4.21. The molecule has 0 unspecified atom stereocenters. The van der Waals surface area contributed by atoms with Gasteiger partial charge in [0.05, 0.1) is 6.10 Å². The zero-order valence-corrected chi connectivity index (χ0v) is 13.7. The van der Waals surface area contributed by atoms with E-state index in [0.717, 1.165) is 28.3 Å². The van der Waals surface area contributed by atoms with E-state index in [0.29, 0.717) is 12.2 Å². The van der Waals surface area contributed by atoms with E-state index in [1.54, 1.807) is 0 Å². The second-order valence-corrected chi connectivity index (χ2v) is 6.34. The van der Waals surface area contributed by atoms with Crippen molar-refractivity contribution in [2.24, 2.45) is 0 Å². The Morgan fingerprint density at radius 1 is 1.17 bits per heavy atom. The third-order valence-corrected chi connectivity index (χ3v) is 4.22. The van der Waals surface area contributed by atoms with Gasteiger partial charge < -0.3 is 19.5 Å². The average Bonchev–Trinajstić information content (AvgIpc) is 2.99. The summed E-state index contributed by atoms with van der Waals surface area (Å²) < 4.78 is 16.7. The molecule has 1 atom stereocenters. The molecule has 2 aliphatic rings. The number of amides is 1. The lowest BCUT2D eigenvalue weighted by Gasteiger charge is -2.26. The molecular formula is C19H19NO4. The summed E-state index contributed by atoms with van der Waals surface area (Å²) in [5, 5.41) is 2.93. The van der Waals surface area contributed by atoms with Crippen LogP contribution in [0.25, 0.3) is 0 Å². The minimum Gasteiger partial charge on any atom is -0.491 e. The zero-order valence-electron chi connectivity index (χ0n) is 13.7. The monoisotopic (exact) mass is 325 g/mol. The third-order valence-electron chi connectivity index (χ3n) is 4.22. The normalized spacial score (nSPS) is 18.3. The quantitative estimate of drug-likeness (QED) is 0.935. The Morgan fingerprint density at radius 2 is 1.96 bits per heavy atom. The van der Waals surface area contributed by atoms with E-state index in [-0.39, 0.29) is 24.7 Å². The molecule has 2 heterocycles. The SMILES string of the molecule is CC(C)Oc1cccc([C@H]2CC(=O)Nc3cc4c(cc32)OCO4)c1. The maximum atomic E-state index is 12.2. The summed E-state index contributed by atoms with van der Waals surface area (Å²) >= 11 is 0. The van der Waals surface area contributed by atoms with Crippen molar-refractivity contribution in [1.82, 2.24) is 0 Å². The molecule has 4 rings (SSSR count). The maximum absolute atomic E-state index is 12.2. The van der Waals surface area contributed by atoms with Gasteiger partial charge in [-0.05, 0) is 43.2 Å². The number of ether oxygens (including phenoxy) is 3. The first kappa shape index (κ1) is 14.9. The molecule has 0 saturated heterocycles. The Morgan fingerprint density at radius 3 is 2.75 bits per heavy atom. The van der Waals surface area contributed by atoms with Gasteiger partial charge in [0.2, 0.25) is 12.7 Å². The molecule has 5 nitrogen and oxygen atoms in total. The summed E-state index contributed by atoms with van der Waals surface area (Å²) in [5.74, 6) is 2.19. The van der Waals surface area contributed by atoms with Crippen molar-refractivity contribution in [3.8, 4) is 17.2 Å². The molecule has 124 valence electrons. The van der Waals surface area contributed by atoms with E-state index in [2.05, 4.69) is 5.32 Å². The van der Waals surface area contributed by atoms with Crippen LogP contribution in [0.4, 0.5) is 5.69 Å². The second kappa shape index (κ2) is 5.74. The molecule has 2 aliphatic heterocycles. The molecule has 2 aromatic carbocycles. The molecule has 2 aromatic rings. The number of anilines is 1. The summed E-state index contributed by atoms with van der Waals surface area (Å²) in [5.41, 5.74) is 2.89. The Kier molecular flexibility index (Phi) is 3.56. The first-order chi connectivity index (χ1) is 11.6. The number of hydrogen-bond acceptors (Lipinski definition) is 4. The third kappa shape index (κ3) is 2.66. The summed E-state index contributed by atoms with van der Waals surface area (Å²) in [4.78, 5) is 12.2. The predicted molar refractivity (Wildman–Crippen MR) is 89.9 cm³/mol. The van der Waals surface area contributed by atoms with Crippen LogP contribution in [-0.4, -0.2) is 18.8 Å². The molecule has 1 amide bonds. The van der Waals surface area contributed by atoms with Gasteiger partial charge in [0, 0.05) is 24.1 Å². The molecule has 0 aliphatic carbocycles. The molecular weight excluding hydrogens is 306 g/mol. The minimum absolute atomic E-state index is 0.00143. The van der Waals surface area contributed by atoms with Crippen LogP contribution >= 0.6 is 0 Å². The van der Waals surface area contributed by atoms with Gasteiger partial charge in [0.15, 0.2) is 11.5 Å². The Bertz CT molecular complexity index is 800. The highest BCUT2D eigenvalue weighted by Crippen LogP contribution is 2.45. The Hall–Kier alpha value is -2.69. The average molecular weight is 325 g/mol. The number of nitrogens with one attached hydrogen (secondary N) is 1. The lowest BCUT2D eigenvalue weighted by atomic mass is 9.84. The van der Waals surface area contributed by atoms with E-state index in [1.807, 2.05) is 50.2 Å². The van der Waals surface area contributed by atoms with Gasteiger partial charge in [-0.15, -0.1) is 0 Å². The van der Waals surface area contributed by atoms with Crippen molar-refractivity contribution < 1.29 is 19.0 Å². The topological polar surface area (TPSA) is 56.8 Å². The summed E-state index contributed by atoms with van der Waals surface area (Å²) in [6, 6.07) is 11.8. The number of hydrogen-bond donors (Lipinski definition) is 1. The summed E-state index contributed by atoms with van der Waals surface area (Å²) in [6.07, 6.45) is 0.508. The van der Waals surface area contributed by atoms with E-state index in [9.17, 15) is 4.79 Å². The lowest BCUT2D eigenvalue weighted by molar-refractivity contribution is -0.116. The van der Waals surface area contributed by atoms with Crippen molar-refractivity contribution >= 4 is 11.6 Å². The maximum Gasteiger partial charge on any atom is 0.231 e. The minimum atomic E-state index is -0.0287. The lowest BCUT2D eigenvalue weighted by Crippen LogP contribution is -2.23. The van der Waals surface area contributed by atoms with Gasteiger partial charge in [0.1, 0.15) is 5.75 Å². The number of rotatable bonds is 3. The van der Waals surface area contributed by atoms with Crippen LogP contribution in [0.2, 0.25) is 0 Å². The standard InChI is InChI=1S/C19H19NO4/c1-11(2)24-13-5-3-4-12(6-13)14-8-19(21)20-16-9-18-17(7-15(14)16)22-10-23-18/h3-7,9,11,14H,8,10H2,1-2H3,(H,20,21)/t14-/m1/s1. The van der Waals surface area contributed by atoms with Gasteiger partial charge in [-0.1, -0.05) is 12.1 Å². The van der Waals surface area contributed by atoms with Crippen LogP contribution in [-0.2, 0) is 4.79 Å². The van der Waals surface area contributed by atoms with Gasteiger partial charge in [-0.3, -0.25) is 4.79 Å². The highest BCUT2D eigenvalue weighted by Gasteiger charge is 2.30. The fourth-order valence-electron chi connectivity index (χ4n) is 3.23. The highest BCUT2D eigenvalue weighted by atomic mass is 16.7. The van der Waals surface area contributed by atoms with Gasteiger partial charge in [0.25, 0.3) is 0 Å².